The third-order valence-corrected chi connectivity index (χ3v) is 7.65. The number of rotatable bonds is 7. The predicted molar refractivity (Wildman–Crippen MR) is 154 cm³/mol. The summed E-state index contributed by atoms with van der Waals surface area (Å²) in [6.45, 7) is 18.6. The molecule has 7 nitrogen and oxygen atoms in total. The number of benzene rings is 2. The van der Waals surface area contributed by atoms with Gasteiger partial charge in [0.2, 0.25) is 0 Å². The quantitative estimate of drug-likeness (QED) is 0.420. The van der Waals surface area contributed by atoms with Gasteiger partial charge in [0.05, 0.1) is 19.3 Å². The summed E-state index contributed by atoms with van der Waals surface area (Å²) in [5.41, 5.74) is 3.58. The summed E-state index contributed by atoms with van der Waals surface area (Å²) in [5, 5.41) is 14.3. The molecule has 1 amide bonds. The number of ether oxygens (including phenoxy) is 2. The van der Waals surface area contributed by atoms with Gasteiger partial charge in [-0.1, -0.05) is 77.9 Å². The topological polar surface area (TPSA) is 88.1 Å². The molecule has 0 aromatic heterocycles. The SMILES string of the molecule is COc1ccc(C(C)(C)C)cc1CN[C@H]1[C@H](C(C)(C)C)[C@@H](C(=O)O)N(C(=O)OC(C)C)[C@H]1c1ccccc1C. The van der Waals surface area contributed by atoms with Gasteiger partial charge in [-0.15, -0.1) is 0 Å². The first-order chi connectivity index (χ1) is 18.1. The fourth-order valence-corrected chi connectivity index (χ4v) is 5.80. The van der Waals surface area contributed by atoms with E-state index < -0.39 is 35.5 Å². The first-order valence-corrected chi connectivity index (χ1v) is 13.8. The van der Waals surface area contributed by atoms with Crippen LogP contribution in [-0.4, -0.2) is 47.4 Å². The second kappa shape index (κ2) is 11.6. The van der Waals surface area contributed by atoms with Gasteiger partial charge in [0, 0.05) is 24.1 Å². The Morgan fingerprint density at radius 3 is 2.21 bits per heavy atom. The highest BCUT2D eigenvalue weighted by Gasteiger charge is 2.58. The number of methoxy groups -OCH3 is 1. The van der Waals surface area contributed by atoms with Gasteiger partial charge in [0.25, 0.3) is 0 Å². The van der Waals surface area contributed by atoms with Gasteiger partial charge in [0.15, 0.2) is 0 Å². The van der Waals surface area contributed by atoms with Gasteiger partial charge >= 0.3 is 12.1 Å². The molecule has 0 bridgehead atoms. The van der Waals surface area contributed by atoms with Gasteiger partial charge in [0.1, 0.15) is 11.8 Å². The predicted octanol–water partition coefficient (Wildman–Crippen LogP) is 6.48. The van der Waals surface area contributed by atoms with Crippen LogP contribution < -0.4 is 10.1 Å². The number of likely N-dealkylation sites (tertiary alicyclic amines) is 1. The number of nitrogens with zero attached hydrogens (tertiary/aromatic N) is 1. The van der Waals surface area contributed by atoms with E-state index in [-0.39, 0.29) is 17.6 Å². The molecule has 1 heterocycles. The number of carboxylic acid groups (broad SMARTS) is 1. The first kappa shape index (κ1) is 30.5. The van der Waals surface area contributed by atoms with Crippen molar-refractivity contribution in [2.75, 3.05) is 7.11 Å². The smallest absolute Gasteiger partial charge is 0.411 e. The molecule has 2 N–H and O–H groups in total. The second-order valence-corrected chi connectivity index (χ2v) is 13.0. The Morgan fingerprint density at radius 1 is 1.05 bits per heavy atom. The van der Waals surface area contributed by atoms with E-state index in [4.69, 9.17) is 9.47 Å². The second-order valence-electron chi connectivity index (χ2n) is 13.0. The Hall–Kier alpha value is -3.06. The average molecular weight is 539 g/mol. The molecule has 214 valence electrons. The van der Waals surface area contributed by atoms with Crippen LogP contribution in [0, 0.1) is 18.3 Å². The molecule has 4 atom stereocenters. The zero-order valence-corrected chi connectivity index (χ0v) is 25.2. The van der Waals surface area contributed by atoms with Crippen LogP contribution in [0.25, 0.3) is 0 Å². The molecule has 0 radical (unpaired) electrons. The van der Waals surface area contributed by atoms with E-state index in [0.717, 1.165) is 22.4 Å². The van der Waals surface area contributed by atoms with Crippen molar-refractivity contribution >= 4 is 12.1 Å². The molecule has 1 aliphatic heterocycles. The number of nitrogens with one attached hydrogen (secondary N) is 1. The summed E-state index contributed by atoms with van der Waals surface area (Å²) >= 11 is 0. The maximum absolute atomic E-state index is 13.6. The fourth-order valence-electron chi connectivity index (χ4n) is 5.80. The van der Waals surface area contributed by atoms with Crippen molar-refractivity contribution < 1.29 is 24.2 Å². The minimum Gasteiger partial charge on any atom is -0.496 e. The lowest BCUT2D eigenvalue weighted by molar-refractivity contribution is -0.144. The highest BCUT2D eigenvalue weighted by Crippen LogP contribution is 2.49. The summed E-state index contributed by atoms with van der Waals surface area (Å²) < 4.78 is 11.3. The van der Waals surface area contributed by atoms with E-state index in [1.165, 1.54) is 10.5 Å². The number of carboxylic acids is 1. The molecule has 3 rings (SSSR count). The lowest BCUT2D eigenvalue weighted by Gasteiger charge is -2.35. The third kappa shape index (κ3) is 6.57. The van der Waals surface area contributed by atoms with Crippen LogP contribution in [0.15, 0.2) is 42.5 Å². The summed E-state index contributed by atoms with van der Waals surface area (Å²) in [6.07, 6.45) is -0.995. The zero-order valence-electron chi connectivity index (χ0n) is 25.2. The lowest BCUT2D eigenvalue weighted by Crippen LogP contribution is -2.48. The van der Waals surface area contributed by atoms with Gasteiger partial charge in [-0.25, -0.2) is 9.59 Å². The number of aryl methyl sites for hydroxylation is 1. The molecular weight excluding hydrogens is 492 g/mol. The van der Waals surface area contributed by atoms with Crippen LogP contribution >= 0.6 is 0 Å². The highest BCUT2D eigenvalue weighted by molar-refractivity contribution is 5.82. The monoisotopic (exact) mass is 538 g/mol. The number of carbonyl (C=O) groups is 2. The van der Waals surface area contributed by atoms with E-state index in [1.807, 2.05) is 58.0 Å². The van der Waals surface area contributed by atoms with Crippen molar-refractivity contribution in [3.05, 3.63) is 64.7 Å². The summed E-state index contributed by atoms with van der Waals surface area (Å²) in [7, 11) is 1.66. The number of carbonyl (C=O) groups excluding carboxylic acids is 1. The molecule has 1 aliphatic rings. The largest absolute Gasteiger partial charge is 0.496 e. The van der Waals surface area contributed by atoms with Crippen LogP contribution in [0.1, 0.15) is 83.7 Å². The van der Waals surface area contributed by atoms with Crippen LogP contribution in [0.2, 0.25) is 0 Å². The lowest BCUT2D eigenvalue weighted by atomic mass is 9.72. The normalized spacial score (nSPS) is 21.8. The minimum atomic E-state index is -1.07. The Labute approximate surface area is 233 Å². The zero-order chi connectivity index (χ0) is 29.3. The van der Waals surface area contributed by atoms with Gasteiger partial charge in [-0.2, -0.15) is 0 Å². The average Bonchev–Trinajstić information content (AvgIpc) is 3.17. The van der Waals surface area contributed by atoms with E-state index in [9.17, 15) is 14.7 Å². The van der Waals surface area contributed by atoms with E-state index >= 15 is 0 Å². The molecule has 0 aliphatic carbocycles. The van der Waals surface area contributed by atoms with Crippen molar-refractivity contribution in [2.45, 2.75) is 98.5 Å². The van der Waals surface area contributed by atoms with Gasteiger partial charge in [-0.05, 0) is 54.4 Å². The Morgan fingerprint density at radius 2 is 1.69 bits per heavy atom. The Kier molecular flexibility index (Phi) is 9.06. The molecule has 1 saturated heterocycles. The molecule has 0 unspecified atom stereocenters. The highest BCUT2D eigenvalue weighted by atomic mass is 16.6. The molecule has 7 heteroatoms. The van der Waals surface area contributed by atoms with E-state index in [0.29, 0.717) is 6.54 Å². The van der Waals surface area contributed by atoms with E-state index in [1.54, 1.807) is 21.0 Å². The molecule has 1 fully saturated rings. The molecule has 39 heavy (non-hydrogen) atoms. The van der Waals surface area contributed by atoms with Crippen LogP contribution in [0.3, 0.4) is 0 Å². The maximum atomic E-state index is 13.6. The standard InChI is InChI=1S/C32H46N2O5/c1-19(2)39-30(37)34-27(23-14-12-11-13-20(23)3)26(25(32(7,8)9)28(34)29(35)36)33-18-21-17-22(31(4,5)6)15-16-24(21)38-10/h11-17,19,25-28,33H,18H2,1-10H3,(H,35,36)/t25-,26-,27-,28-/m0/s1. The van der Waals surface area contributed by atoms with Crippen molar-refractivity contribution in [2.24, 2.45) is 11.3 Å². The summed E-state index contributed by atoms with van der Waals surface area (Å²) in [4.78, 5) is 28.0. The van der Waals surface area contributed by atoms with Crippen LogP contribution in [-0.2, 0) is 21.5 Å². The van der Waals surface area contributed by atoms with E-state index in [2.05, 4.69) is 38.2 Å². The molecular formula is C32H46N2O5. The summed E-state index contributed by atoms with van der Waals surface area (Å²) in [6, 6.07) is 12.1. The molecule has 0 spiro atoms. The van der Waals surface area contributed by atoms with Gasteiger partial charge < -0.3 is 19.9 Å². The van der Waals surface area contributed by atoms with Crippen molar-refractivity contribution in [1.29, 1.82) is 0 Å². The molecule has 2 aromatic rings. The van der Waals surface area contributed by atoms with Crippen LogP contribution in [0.5, 0.6) is 5.75 Å². The Bertz CT molecular complexity index is 1180. The number of hydrogen-bond donors (Lipinski definition) is 2. The summed E-state index contributed by atoms with van der Waals surface area (Å²) in [5.74, 6) is -0.680. The molecule has 0 saturated carbocycles. The maximum Gasteiger partial charge on any atom is 0.411 e. The van der Waals surface area contributed by atoms with Crippen molar-refractivity contribution in [3.8, 4) is 5.75 Å². The number of aliphatic carboxylic acids is 1. The third-order valence-electron chi connectivity index (χ3n) is 7.65. The fraction of sp³-hybridized carbons (Fsp3) is 0.562. The van der Waals surface area contributed by atoms with Gasteiger partial charge in [-0.3, -0.25) is 4.90 Å². The van der Waals surface area contributed by atoms with Crippen molar-refractivity contribution in [1.82, 2.24) is 10.2 Å². The minimum absolute atomic E-state index is 0.0438. The first-order valence-electron chi connectivity index (χ1n) is 13.8. The van der Waals surface area contributed by atoms with Crippen molar-refractivity contribution in [3.63, 3.8) is 0 Å². The number of amides is 1. The Balaban J connectivity index is 2.18. The molecule has 2 aromatic carbocycles. The number of hydrogen-bond acceptors (Lipinski definition) is 5. The van der Waals surface area contributed by atoms with Crippen LogP contribution in [0.4, 0.5) is 4.79 Å².